The van der Waals surface area contributed by atoms with Crippen molar-refractivity contribution in [2.75, 3.05) is 19.1 Å². The molecule has 0 radical (unpaired) electrons. The topological polar surface area (TPSA) is 51.1 Å². The van der Waals surface area contributed by atoms with Crippen LogP contribution in [0.4, 0.5) is 10.1 Å². The molecule has 0 saturated heterocycles. The number of hydrogen-bond acceptors (Lipinski definition) is 4. The molecule has 0 spiro atoms. The summed E-state index contributed by atoms with van der Waals surface area (Å²) in [6, 6.07) is 20.5. The average Bonchev–Trinajstić information content (AvgIpc) is 3.10. The van der Waals surface area contributed by atoms with E-state index in [0.717, 1.165) is 5.56 Å². The van der Waals surface area contributed by atoms with Crippen LogP contribution in [0.5, 0.6) is 11.5 Å². The van der Waals surface area contributed by atoms with Gasteiger partial charge >= 0.3 is 0 Å². The van der Waals surface area contributed by atoms with E-state index in [1.54, 1.807) is 68.8 Å². The summed E-state index contributed by atoms with van der Waals surface area (Å²) >= 11 is 0. The first-order valence-electron chi connectivity index (χ1n) is 9.28. The lowest BCUT2D eigenvalue weighted by molar-refractivity contribution is -0.113. The van der Waals surface area contributed by atoms with Crippen LogP contribution in [0, 0.1) is 5.82 Å². The minimum absolute atomic E-state index is 0.206. The first-order chi connectivity index (χ1) is 14.6. The number of aliphatic imine (C=N–C) groups is 1. The molecule has 3 aromatic rings. The average molecular weight is 402 g/mol. The van der Waals surface area contributed by atoms with Gasteiger partial charge in [-0.3, -0.25) is 9.69 Å². The van der Waals surface area contributed by atoms with Gasteiger partial charge in [-0.25, -0.2) is 9.38 Å². The minimum atomic E-state index is -0.454. The lowest BCUT2D eigenvalue weighted by Crippen LogP contribution is -2.33. The number of hydrogen-bond donors (Lipinski definition) is 0. The molecular weight excluding hydrogens is 383 g/mol. The Labute approximate surface area is 173 Å². The number of carbonyl (C=O) groups is 1. The fourth-order valence-electron chi connectivity index (χ4n) is 3.20. The van der Waals surface area contributed by atoms with Crippen molar-refractivity contribution < 1.29 is 18.7 Å². The van der Waals surface area contributed by atoms with Gasteiger partial charge in [-0.15, -0.1) is 0 Å². The molecule has 0 unspecified atom stereocenters. The van der Waals surface area contributed by atoms with Gasteiger partial charge in [0.2, 0.25) is 0 Å². The lowest BCUT2D eigenvalue weighted by Gasteiger charge is -2.19. The SMILES string of the molecule is COc1ccc(N2C(=O)/C(=C\c3cccc(OC)c3)N=C2c2ccccc2F)cc1. The number of carbonyl (C=O) groups excluding carboxylic acids is 1. The second kappa shape index (κ2) is 8.21. The van der Waals surface area contributed by atoms with Gasteiger partial charge in [-0.2, -0.15) is 0 Å². The highest BCUT2D eigenvalue weighted by molar-refractivity contribution is 6.33. The monoisotopic (exact) mass is 402 g/mol. The predicted molar refractivity (Wildman–Crippen MR) is 114 cm³/mol. The molecule has 0 bridgehead atoms. The molecule has 1 amide bonds. The van der Waals surface area contributed by atoms with Crippen LogP contribution in [-0.2, 0) is 4.79 Å². The van der Waals surface area contributed by atoms with Gasteiger partial charge in [0.1, 0.15) is 23.0 Å². The molecule has 1 heterocycles. The molecule has 0 fully saturated rings. The Morgan fingerprint density at radius 1 is 0.900 bits per heavy atom. The van der Waals surface area contributed by atoms with Gasteiger partial charge in [0.05, 0.1) is 25.5 Å². The molecule has 0 aliphatic carbocycles. The second-order valence-corrected chi connectivity index (χ2v) is 6.56. The predicted octanol–water partition coefficient (Wildman–Crippen LogP) is 4.68. The zero-order chi connectivity index (χ0) is 21.1. The van der Waals surface area contributed by atoms with Crippen molar-refractivity contribution >= 4 is 23.5 Å². The van der Waals surface area contributed by atoms with E-state index in [-0.39, 0.29) is 23.0 Å². The van der Waals surface area contributed by atoms with Crippen molar-refractivity contribution in [1.82, 2.24) is 0 Å². The summed E-state index contributed by atoms with van der Waals surface area (Å²) in [5, 5.41) is 0. The van der Waals surface area contributed by atoms with Crippen LogP contribution < -0.4 is 14.4 Å². The summed E-state index contributed by atoms with van der Waals surface area (Å²) < 4.78 is 25.0. The Bertz CT molecular complexity index is 1150. The van der Waals surface area contributed by atoms with E-state index in [1.165, 1.54) is 11.0 Å². The molecule has 0 saturated carbocycles. The first-order valence-corrected chi connectivity index (χ1v) is 9.28. The maximum Gasteiger partial charge on any atom is 0.282 e. The number of anilines is 1. The van der Waals surface area contributed by atoms with Crippen LogP contribution in [0.15, 0.2) is 83.5 Å². The lowest BCUT2D eigenvalue weighted by atomic mass is 10.1. The highest BCUT2D eigenvalue weighted by Gasteiger charge is 2.33. The van der Waals surface area contributed by atoms with Crippen LogP contribution in [-0.4, -0.2) is 26.0 Å². The fraction of sp³-hybridized carbons (Fsp3) is 0.0833. The maximum absolute atomic E-state index is 14.6. The first kappa shape index (κ1) is 19.4. The molecule has 0 atom stereocenters. The molecule has 30 heavy (non-hydrogen) atoms. The number of amidine groups is 1. The number of benzene rings is 3. The summed E-state index contributed by atoms with van der Waals surface area (Å²) in [6.07, 6.45) is 1.66. The van der Waals surface area contributed by atoms with E-state index in [9.17, 15) is 9.18 Å². The van der Waals surface area contributed by atoms with E-state index in [4.69, 9.17) is 9.47 Å². The van der Waals surface area contributed by atoms with Gasteiger partial charge in [0.25, 0.3) is 5.91 Å². The summed E-state index contributed by atoms with van der Waals surface area (Å²) in [6.45, 7) is 0. The largest absolute Gasteiger partial charge is 0.497 e. The summed E-state index contributed by atoms with van der Waals surface area (Å²) in [5.74, 6) is 0.755. The zero-order valence-electron chi connectivity index (χ0n) is 16.5. The Kier molecular flexibility index (Phi) is 5.30. The molecule has 3 aromatic carbocycles. The molecule has 1 aliphatic rings. The Balaban J connectivity index is 1.82. The number of ether oxygens (including phenoxy) is 2. The van der Waals surface area contributed by atoms with Gasteiger partial charge in [0.15, 0.2) is 5.84 Å². The Morgan fingerprint density at radius 3 is 2.33 bits per heavy atom. The zero-order valence-corrected chi connectivity index (χ0v) is 16.5. The Morgan fingerprint density at radius 2 is 1.63 bits per heavy atom. The molecule has 4 rings (SSSR count). The van der Waals surface area contributed by atoms with Gasteiger partial charge in [0, 0.05) is 0 Å². The van der Waals surface area contributed by atoms with E-state index < -0.39 is 5.82 Å². The summed E-state index contributed by atoms with van der Waals surface area (Å²) in [4.78, 5) is 19.2. The molecular formula is C24H19FN2O3. The highest BCUT2D eigenvalue weighted by Crippen LogP contribution is 2.30. The third kappa shape index (κ3) is 3.67. The van der Waals surface area contributed by atoms with Crippen molar-refractivity contribution in [2.45, 2.75) is 0 Å². The van der Waals surface area contributed by atoms with Crippen molar-refractivity contribution in [2.24, 2.45) is 4.99 Å². The van der Waals surface area contributed by atoms with Crippen LogP contribution in [0.3, 0.4) is 0 Å². The summed E-state index contributed by atoms with van der Waals surface area (Å²) in [7, 11) is 3.14. The van der Waals surface area contributed by atoms with E-state index in [2.05, 4.69) is 4.99 Å². The third-order valence-corrected chi connectivity index (χ3v) is 4.70. The van der Waals surface area contributed by atoms with Crippen LogP contribution in [0.25, 0.3) is 6.08 Å². The molecule has 5 nitrogen and oxygen atoms in total. The van der Waals surface area contributed by atoms with Gasteiger partial charge < -0.3 is 9.47 Å². The number of nitrogens with zero attached hydrogens (tertiary/aromatic N) is 2. The molecule has 1 aliphatic heterocycles. The number of methoxy groups -OCH3 is 2. The molecule has 6 heteroatoms. The van der Waals surface area contributed by atoms with E-state index in [1.807, 2.05) is 18.2 Å². The van der Waals surface area contributed by atoms with Crippen molar-refractivity contribution in [3.05, 3.63) is 95.4 Å². The smallest absolute Gasteiger partial charge is 0.282 e. The third-order valence-electron chi connectivity index (χ3n) is 4.70. The molecule has 0 aromatic heterocycles. The number of rotatable bonds is 5. The number of amides is 1. The van der Waals surface area contributed by atoms with Crippen molar-refractivity contribution in [1.29, 1.82) is 0 Å². The highest BCUT2D eigenvalue weighted by atomic mass is 19.1. The standard InChI is InChI=1S/C24H19FN2O3/c1-29-18-12-10-17(11-13-18)27-23(20-8-3-4-9-21(20)25)26-22(24(27)28)15-16-6-5-7-19(14-16)30-2/h3-15H,1-2H3/b22-15+. The van der Waals surface area contributed by atoms with Crippen LogP contribution >= 0.6 is 0 Å². The summed E-state index contributed by atoms with van der Waals surface area (Å²) in [5.41, 5.74) is 1.77. The quantitative estimate of drug-likeness (QED) is 0.583. The van der Waals surface area contributed by atoms with Gasteiger partial charge in [-0.05, 0) is 60.2 Å². The van der Waals surface area contributed by atoms with E-state index >= 15 is 0 Å². The van der Waals surface area contributed by atoms with Crippen molar-refractivity contribution in [3.63, 3.8) is 0 Å². The number of halogens is 1. The van der Waals surface area contributed by atoms with Gasteiger partial charge in [-0.1, -0.05) is 24.3 Å². The molecule has 0 N–H and O–H groups in total. The van der Waals surface area contributed by atoms with Crippen molar-refractivity contribution in [3.8, 4) is 11.5 Å². The maximum atomic E-state index is 14.6. The minimum Gasteiger partial charge on any atom is -0.497 e. The normalized spacial score (nSPS) is 14.8. The fourth-order valence-corrected chi connectivity index (χ4v) is 3.20. The van der Waals surface area contributed by atoms with Crippen LogP contribution in [0.2, 0.25) is 0 Å². The molecule has 150 valence electrons. The second-order valence-electron chi connectivity index (χ2n) is 6.56. The van der Waals surface area contributed by atoms with Crippen LogP contribution in [0.1, 0.15) is 11.1 Å². The Hall–Kier alpha value is -3.93. The van der Waals surface area contributed by atoms with E-state index in [0.29, 0.717) is 17.2 Å².